The first-order valence-electron chi connectivity index (χ1n) is 9.40. The molecule has 1 amide bonds. The van der Waals surface area contributed by atoms with Crippen molar-refractivity contribution in [2.45, 2.75) is 18.9 Å². The summed E-state index contributed by atoms with van der Waals surface area (Å²) in [5.74, 6) is -1.40. The van der Waals surface area contributed by atoms with E-state index in [2.05, 4.69) is 0 Å². The molecule has 0 aliphatic carbocycles. The van der Waals surface area contributed by atoms with Gasteiger partial charge in [0.1, 0.15) is 23.0 Å². The maximum Gasteiger partial charge on any atom is 0.339 e. The van der Waals surface area contributed by atoms with Crippen LogP contribution in [0.5, 0.6) is 0 Å². The van der Waals surface area contributed by atoms with Crippen LogP contribution in [0.4, 0.5) is 5.69 Å². The van der Waals surface area contributed by atoms with Crippen molar-refractivity contribution in [2.75, 3.05) is 12.0 Å². The lowest BCUT2D eigenvalue weighted by atomic mass is 9.68. The summed E-state index contributed by atoms with van der Waals surface area (Å²) in [6.45, 7) is 1.66. The van der Waals surface area contributed by atoms with Gasteiger partial charge in [-0.2, -0.15) is 5.26 Å². The Hall–Kier alpha value is -3.76. The fourth-order valence-corrected chi connectivity index (χ4v) is 4.46. The SMILES string of the molecule is COC(=O)C1=C(C)OC(N)=C(C#N)[C@]12C(=O)N(Cc1ccccc1Cl)c1ccccc12. The molecule has 8 heteroatoms. The van der Waals surface area contributed by atoms with E-state index in [0.717, 1.165) is 0 Å². The summed E-state index contributed by atoms with van der Waals surface area (Å²) in [4.78, 5) is 28.4. The van der Waals surface area contributed by atoms with Crippen LogP contribution in [-0.2, 0) is 31.0 Å². The van der Waals surface area contributed by atoms with Crippen molar-refractivity contribution >= 4 is 29.2 Å². The zero-order valence-electron chi connectivity index (χ0n) is 16.8. The van der Waals surface area contributed by atoms with Crippen molar-refractivity contribution in [2.24, 2.45) is 5.73 Å². The standard InChI is InChI=1S/C23H18ClN3O4/c1-13-19(21(28)30-2)23(16(11-25)20(26)31-13)15-8-4-6-10-18(15)27(22(23)29)12-14-7-3-5-9-17(14)24/h3-10H,12,26H2,1-2H3/t23-/m0/s1. The minimum atomic E-state index is -1.77. The van der Waals surface area contributed by atoms with Crippen LogP contribution in [0.3, 0.4) is 0 Å². The van der Waals surface area contributed by atoms with Crippen LogP contribution in [0.2, 0.25) is 5.02 Å². The molecule has 0 aromatic heterocycles. The van der Waals surface area contributed by atoms with Crippen molar-refractivity contribution in [1.29, 1.82) is 5.26 Å². The average Bonchev–Trinajstić information content (AvgIpc) is 2.99. The molecular weight excluding hydrogens is 418 g/mol. The zero-order chi connectivity index (χ0) is 22.3. The van der Waals surface area contributed by atoms with E-state index in [4.69, 9.17) is 26.8 Å². The Labute approximate surface area is 183 Å². The van der Waals surface area contributed by atoms with Gasteiger partial charge in [-0.25, -0.2) is 4.79 Å². The number of carbonyl (C=O) groups is 2. The zero-order valence-corrected chi connectivity index (χ0v) is 17.6. The number of fused-ring (bicyclic) bond motifs is 2. The second kappa shape index (κ2) is 7.49. The largest absolute Gasteiger partial charge is 0.466 e. The van der Waals surface area contributed by atoms with Crippen LogP contribution in [0, 0.1) is 11.3 Å². The number of nitrogens with zero attached hydrogens (tertiary/aromatic N) is 2. The molecule has 2 N–H and O–H groups in total. The van der Waals surface area contributed by atoms with Gasteiger partial charge in [0.15, 0.2) is 5.41 Å². The molecule has 0 saturated heterocycles. The van der Waals surface area contributed by atoms with Gasteiger partial charge < -0.3 is 20.1 Å². The number of nitriles is 1. The highest BCUT2D eigenvalue weighted by atomic mass is 35.5. The first-order chi connectivity index (χ1) is 14.9. The number of nitrogens with two attached hydrogens (primary N) is 1. The minimum Gasteiger partial charge on any atom is -0.466 e. The lowest BCUT2D eigenvalue weighted by Crippen LogP contribution is -2.48. The molecule has 0 fully saturated rings. The number of hydrogen-bond donors (Lipinski definition) is 1. The Balaban J connectivity index is 2.02. The van der Waals surface area contributed by atoms with Gasteiger partial charge in [0.2, 0.25) is 11.8 Å². The van der Waals surface area contributed by atoms with Crippen LogP contribution in [0.25, 0.3) is 0 Å². The smallest absolute Gasteiger partial charge is 0.339 e. The van der Waals surface area contributed by atoms with E-state index in [1.165, 1.54) is 18.9 Å². The van der Waals surface area contributed by atoms with Gasteiger partial charge in [-0.3, -0.25) is 4.79 Å². The summed E-state index contributed by atoms with van der Waals surface area (Å²) in [6.07, 6.45) is 0. The fourth-order valence-electron chi connectivity index (χ4n) is 4.27. The van der Waals surface area contributed by atoms with Crippen LogP contribution >= 0.6 is 11.6 Å². The summed E-state index contributed by atoms with van der Waals surface area (Å²) >= 11 is 6.34. The van der Waals surface area contributed by atoms with Crippen LogP contribution in [0.15, 0.2) is 71.3 Å². The molecule has 2 aromatic carbocycles. The van der Waals surface area contributed by atoms with Crippen molar-refractivity contribution in [3.63, 3.8) is 0 Å². The molecule has 2 heterocycles. The number of rotatable bonds is 3. The third kappa shape index (κ3) is 2.80. The normalized spacial score (nSPS) is 19.9. The van der Waals surface area contributed by atoms with Crippen molar-refractivity contribution < 1.29 is 19.1 Å². The molecule has 4 rings (SSSR count). The molecular formula is C23H18ClN3O4. The molecule has 0 saturated carbocycles. The van der Waals surface area contributed by atoms with Gasteiger partial charge in [0.25, 0.3) is 0 Å². The lowest BCUT2D eigenvalue weighted by molar-refractivity contribution is -0.138. The summed E-state index contributed by atoms with van der Waals surface area (Å²) < 4.78 is 10.4. The van der Waals surface area contributed by atoms with Crippen LogP contribution in [0.1, 0.15) is 18.1 Å². The molecule has 0 bridgehead atoms. The molecule has 31 heavy (non-hydrogen) atoms. The number of anilines is 1. The Morgan fingerprint density at radius 2 is 1.94 bits per heavy atom. The summed E-state index contributed by atoms with van der Waals surface area (Å²) in [5, 5.41) is 10.5. The second-order valence-electron chi connectivity index (χ2n) is 7.13. The molecule has 0 unspecified atom stereocenters. The Morgan fingerprint density at radius 1 is 1.26 bits per heavy atom. The highest BCUT2D eigenvalue weighted by Gasteiger charge is 2.62. The number of esters is 1. The van der Waals surface area contributed by atoms with Gasteiger partial charge in [-0.1, -0.05) is 48.0 Å². The first-order valence-corrected chi connectivity index (χ1v) is 9.78. The van der Waals surface area contributed by atoms with Gasteiger partial charge in [0, 0.05) is 16.3 Å². The van der Waals surface area contributed by atoms with Crippen molar-refractivity contribution in [1.82, 2.24) is 0 Å². The number of methoxy groups -OCH3 is 1. The number of para-hydroxylation sites is 1. The van der Waals surface area contributed by atoms with Gasteiger partial charge in [-0.15, -0.1) is 0 Å². The number of halogens is 1. The van der Waals surface area contributed by atoms with Crippen LogP contribution in [-0.4, -0.2) is 19.0 Å². The lowest BCUT2D eigenvalue weighted by Gasteiger charge is -2.34. The van der Waals surface area contributed by atoms with E-state index in [9.17, 15) is 14.9 Å². The molecule has 7 nitrogen and oxygen atoms in total. The Kier molecular flexibility index (Phi) is 4.96. The van der Waals surface area contributed by atoms with E-state index in [1.807, 2.05) is 18.2 Å². The monoisotopic (exact) mass is 435 g/mol. The number of amides is 1. The average molecular weight is 436 g/mol. The van der Waals surface area contributed by atoms with Crippen molar-refractivity contribution in [3.8, 4) is 6.07 Å². The van der Waals surface area contributed by atoms with E-state index >= 15 is 0 Å². The quantitative estimate of drug-likeness (QED) is 0.741. The molecule has 2 aliphatic heterocycles. The second-order valence-corrected chi connectivity index (χ2v) is 7.53. The number of ether oxygens (including phenoxy) is 2. The maximum absolute atomic E-state index is 14.1. The summed E-state index contributed by atoms with van der Waals surface area (Å²) in [6, 6.07) is 16.1. The minimum absolute atomic E-state index is 0.0696. The van der Waals surface area contributed by atoms with E-state index < -0.39 is 17.3 Å². The van der Waals surface area contributed by atoms with E-state index in [0.29, 0.717) is 21.8 Å². The number of allylic oxidation sites excluding steroid dienone is 1. The summed E-state index contributed by atoms with van der Waals surface area (Å²) in [5.41, 5.74) is 5.75. The number of benzene rings is 2. The summed E-state index contributed by atoms with van der Waals surface area (Å²) in [7, 11) is 1.21. The Bertz CT molecular complexity index is 1230. The highest BCUT2D eigenvalue weighted by molar-refractivity contribution is 6.31. The van der Waals surface area contributed by atoms with E-state index in [1.54, 1.807) is 36.4 Å². The molecule has 2 aromatic rings. The highest BCUT2D eigenvalue weighted by Crippen LogP contribution is 2.54. The van der Waals surface area contributed by atoms with Gasteiger partial charge in [0.05, 0.1) is 13.7 Å². The third-order valence-electron chi connectivity index (χ3n) is 5.56. The predicted octanol–water partition coefficient (Wildman–Crippen LogP) is 3.30. The number of hydrogen-bond acceptors (Lipinski definition) is 6. The third-order valence-corrected chi connectivity index (χ3v) is 5.93. The van der Waals surface area contributed by atoms with Gasteiger partial charge in [-0.05, 0) is 24.6 Å². The maximum atomic E-state index is 14.1. The molecule has 2 aliphatic rings. The number of carbonyl (C=O) groups excluding carboxylic acids is 2. The first kappa shape index (κ1) is 20.5. The van der Waals surface area contributed by atoms with E-state index in [-0.39, 0.29) is 29.3 Å². The van der Waals surface area contributed by atoms with Crippen LogP contribution < -0.4 is 10.6 Å². The molecule has 1 atom stereocenters. The topological polar surface area (TPSA) is 106 Å². The molecule has 156 valence electrons. The Morgan fingerprint density at radius 3 is 2.61 bits per heavy atom. The van der Waals surface area contributed by atoms with Gasteiger partial charge >= 0.3 is 5.97 Å². The predicted molar refractivity (Wildman–Crippen MR) is 113 cm³/mol. The molecule has 1 spiro atoms. The molecule has 0 radical (unpaired) electrons. The van der Waals surface area contributed by atoms with Crippen molar-refractivity contribution in [3.05, 3.63) is 87.5 Å². The fraction of sp³-hybridized carbons (Fsp3) is 0.174.